The number of primary sulfonamides is 1. The van der Waals surface area contributed by atoms with Gasteiger partial charge >= 0.3 is 6.03 Å². The van der Waals surface area contributed by atoms with Crippen LogP contribution in [0.3, 0.4) is 0 Å². The van der Waals surface area contributed by atoms with Gasteiger partial charge in [0.1, 0.15) is 0 Å². The Morgan fingerprint density at radius 2 is 1.79 bits per heavy atom. The van der Waals surface area contributed by atoms with Crippen molar-refractivity contribution in [2.45, 2.75) is 36.6 Å². The minimum Gasteiger partial charge on any atom is -0.334 e. The molecular formula is C21H25N3O3S. The summed E-state index contributed by atoms with van der Waals surface area (Å²) in [5, 5.41) is 8.16. The number of carbonyl (C=O) groups excluding carboxylic acids is 1. The van der Waals surface area contributed by atoms with Crippen molar-refractivity contribution >= 4 is 16.1 Å². The van der Waals surface area contributed by atoms with Crippen LogP contribution in [0.1, 0.15) is 36.3 Å². The quantitative estimate of drug-likeness (QED) is 0.828. The summed E-state index contributed by atoms with van der Waals surface area (Å²) >= 11 is 0. The largest absolute Gasteiger partial charge is 0.334 e. The van der Waals surface area contributed by atoms with Gasteiger partial charge in [-0.1, -0.05) is 55.0 Å². The maximum Gasteiger partial charge on any atom is 0.317 e. The summed E-state index contributed by atoms with van der Waals surface area (Å²) in [6, 6.07) is 16.7. The number of amides is 2. The molecule has 0 aromatic heterocycles. The fourth-order valence-electron chi connectivity index (χ4n) is 4.62. The lowest BCUT2D eigenvalue weighted by Crippen LogP contribution is -2.41. The van der Waals surface area contributed by atoms with Gasteiger partial charge in [-0.25, -0.2) is 18.4 Å². The third-order valence-corrected chi connectivity index (χ3v) is 7.21. The summed E-state index contributed by atoms with van der Waals surface area (Å²) in [7, 11) is -3.82. The number of rotatable bonds is 4. The van der Waals surface area contributed by atoms with Gasteiger partial charge in [0.05, 0.1) is 4.90 Å². The number of nitrogens with zero attached hydrogens (tertiary/aromatic N) is 1. The number of urea groups is 1. The Balaban J connectivity index is 1.47. The van der Waals surface area contributed by atoms with Crippen molar-refractivity contribution in [3.63, 3.8) is 0 Å². The van der Waals surface area contributed by atoms with E-state index in [0.717, 1.165) is 19.4 Å². The van der Waals surface area contributed by atoms with E-state index in [0.29, 0.717) is 18.0 Å². The van der Waals surface area contributed by atoms with Crippen molar-refractivity contribution in [1.82, 2.24) is 10.2 Å². The Morgan fingerprint density at radius 1 is 1.11 bits per heavy atom. The molecule has 1 saturated carbocycles. The van der Waals surface area contributed by atoms with Gasteiger partial charge in [0.25, 0.3) is 0 Å². The fourth-order valence-corrected chi connectivity index (χ4v) is 5.39. The highest BCUT2D eigenvalue weighted by molar-refractivity contribution is 7.89. The van der Waals surface area contributed by atoms with Crippen LogP contribution < -0.4 is 10.5 Å². The van der Waals surface area contributed by atoms with Crippen molar-refractivity contribution in [3.05, 3.63) is 65.7 Å². The number of carbonyl (C=O) groups is 1. The molecule has 4 rings (SSSR count). The van der Waals surface area contributed by atoms with Gasteiger partial charge < -0.3 is 10.2 Å². The molecule has 2 aliphatic rings. The number of hydrogen-bond donors (Lipinski definition) is 2. The van der Waals surface area contributed by atoms with E-state index in [1.54, 1.807) is 18.2 Å². The van der Waals surface area contributed by atoms with Crippen LogP contribution in [0.5, 0.6) is 0 Å². The molecule has 0 radical (unpaired) electrons. The van der Waals surface area contributed by atoms with Crippen LogP contribution in [0.4, 0.5) is 4.79 Å². The molecule has 3 N–H and O–H groups in total. The molecule has 7 heteroatoms. The van der Waals surface area contributed by atoms with Gasteiger partial charge in [-0.15, -0.1) is 0 Å². The van der Waals surface area contributed by atoms with Crippen LogP contribution in [-0.4, -0.2) is 32.4 Å². The topological polar surface area (TPSA) is 92.5 Å². The summed E-state index contributed by atoms with van der Waals surface area (Å²) in [5.74, 6) is 0.352. The highest BCUT2D eigenvalue weighted by atomic mass is 32.2. The predicted molar refractivity (Wildman–Crippen MR) is 107 cm³/mol. The van der Waals surface area contributed by atoms with Crippen molar-refractivity contribution in [2.75, 3.05) is 13.1 Å². The summed E-state index contributed by atoms with van der Waals surface area (Å²) in [5.41, 5.74) is 1.96. The number of nitrogens with one attached hydrogen (secondary N) is 1. The van der Waals surface area contributed by atoms with Crippen molar-refractivity contribution in [3.8, 4) is 0 Å². The number of benzene rings is 2. The standard InChI is InChI=1S/C21H25N3O3S/c22-28(26,27)19-10-5-4-9-17(19)13-23-20(25)24-14-18(16-7-2-1-3-8-16)21(15-24)11-6-12-21/h1-5,7-10,18H,6,11-15H2,(H,23,25)(H2,22,26,27). The van der Waals surface area contributed by atoms with E-state index < -0.39 is 10.0 Å². The smallest absolute Gasteiger partial charge is 0.317 e. The van der Waals surface area contributed by atoms with Gasteiger partial charge in [-0.2, -0.15) is 0 Å². The number of nitrogens with two attached hydrogens (primary N) is 1. The molecule has 1 aliphatic carbocycles. The predicted octanol–water partition coefficient (Wildman–Crippen LogP) is 2.81. The molecule has 1 heterocycles. The molecule has 1 aliphatic heterocycles. The monoisotopic (exact) mass is 399 g/mol. The molecule has 1 unspecified atom stereocenters. The SMILES string of the molecule is NS(=O)(=O)c1ccccc1CNC(=O)N1CC(c2ccccc2)C2(CCC2)C1. The molecule has 1 spiro atoms. The second kappa shape index (κ2) is 7.22. The van der Waals surface area contributed by atoms with E-state index in [9.17, 15) is 13.2 Å². The molecule has 28 heavy (non-hydrogen) atoms. The molecule has 2 aromatic rings. The first-order valence-electron chi connectivity index (χ1n) is 9.57. The summed E-state index contributed by atoms with van der Waals surface area (Å²) < 4.78 is 23.5. The first-order valence-corrected chi connectivity index (χ1v) is 11.1. The van der Waals surface area contributed by atoms with Crippen LogP contribution in [0, 0.1) is 5.41 Å². The third kappa shape index (κ3) is 3.52. The third-order valence-electron chi connectivity index (χ3n) is 6.20. The molecule has 1 atom stereocenters. The lowest BCUT2D eigenvalue weighted by Gasteiger charge is -2.43. The summed E-state index contributed by atoms with van der Waals surface area (Å²) in [6.07, 6.45) is 3.50. The normalized spacial score (nSPS) is 20.8. The molecule has 2 amide bonds. The van der Waals surface area contributed by atoms with E-state index in [1.807, 2.05) is 11.0 Å². The first kappa shape index (κ1) is 19.0. The van der Waals surface area contributed by atoms with Crippen molar-refractivity contribution in [2.24, 2.45) is 10.6 Å². The molecule has 2 fully saturated rings. The zero-order valence-corrected chi connectivity index (χ0v) is 16.5. The van der Waals surface area contributed by atoms with Crippen LogP contribution in [0.25, 0.3) is 0 Å². The van der Waals surface area contributed by atoms with E-state index in [4.69, 9.17) is 5.14 Å². The molecule has 6 nitrogen and oxygen atoms in total. The van der Waals surface area contributed by atoms with Gasteiger partial charge in [-0.3, -0.25) is 0 Å². The first-order chi connectivity index (χ1) is 13.4. The highest BCUT2D eigenvalue weighted by Gasteiger charge is 2.51. The zero-order chi connectivity index (χ0) is 19.8. The maximum absolute atomic E-state index is 12.8. The van der Waals surface area contributed by atoms with Gasteiger partial charge in [-0.05, 0) is 35.4 Å². The zero-order valence-electron chi connectivity index (χ0n) is 15.7. The van der Waals surface area contributed by atoms with E-state index in [-0.39, 0.29) is 22.9 Å². The van der Waals surface area contributed by atoms with Crippen molar-refractivity contribution < 1.29 is 13.2 Å². The Kier molecular flexibility index (Phi) is 4.89. The lowest BCUT2D eigenvalue weighted by molar-refractivity contribution is 0.123. The van der Waals surface area contributed by atoms with Crippen LogP contribution in [-0.2, 0) is 16.6 Å². The molecule has 0 bridgehead atoms. The minimum absolute atomic E-state index is 0.0503. The van der Waals surface area contributed by atoms with Crippen LogP contribution in [0.15, 0.2) is 59.5 Å². The fraction of sp³-hybridized carbons (Fsp3) is 0.381. The van der Waals surface area contributed by atoms with Gasteiger partial charge in [0.15, 0.2) is 0 Å². The maximum atomic E-state index is 12.8. The second-order valence-corrected chi connectivity index (χ2v) is 9.40. The number of sulfonamides is 1. The summed E-state index contributed by atoms with van der Waals surface area (Å²) in [4.78, 5) is 14.7. The Morgan fingerprint density at radius 3 is 2.43 bits per heavy atom. The van der Waals surface area contributed by atoms with Crippen LogP contribution in [0.2, 0.25) is 0 Å². The van der Waals surface area contributed by atoms with E-state index in [1.165, 1.54) is 18.1 Å². The van der Waals surface area contributed by atoms with Crippen molar-refractivity contribution in [1.29, 1.82) is 0 Å². The number of hydrogen-bond acceptors (Lipinski definition) is 3. The minimum atomic E-state index is -3.82. The average Bonchev–Trinajstić information content (AvgIpc) is 3.08. The average molecular weight is 400 g/mol. The summed E-state index contributed by atoms with van der Waals surface area (Å²) in [6.45, 7) is 1.56. The molecular weight excluding hydrogens is 374 g/mol. The molecule has 1 saturated heterocycles. The Labute approximate surface area is 165 Å². The number of likely N-dealkylation sites (tertiary alicyclic amines) is 1. The van der Waals surface area contributed by atoms with Gasteiger partial charge in [0.2, 0.25) is 10.0 Å². The Bertz CT molecular complexity index is 971. The second-order valence-electron chi connectivity index (χ2n) is 7.87. The molecule has 148 valence electrons. The highest BCUT2D eigenvalue weighted by Crippen LogP contribution is 2.55. The van der Waals surface area contributed by atoms with E-state index in [2.05, 4.69) is 29.6 Å². The Hall–Kier alpha value is -2.38. The molecule has 2 aromatic carbocycles. The van der Waals surface area contributed by atoms with E-state index >= 15 is 0 Å². The van der Waals surface area contributed by atoms with Crippen LogP contribution >= 0.6 is 0 Å². The lowest BCUT2D eigenvalue weighted by atomic mass is 9.61. The van der Waals surface area contributed by atoms with Gasteiger partial charge in [0, 0.05) is 25.6 Å².